The summed E-state index contributed by atoms with van der Waals surface area (Å²) < 4.78 is 0. The minimum absolute atomic E-state index is 0.0324. The molecule has 84 valence electrons. The SMILES string of the molecule is Cc1n[nH]c(C)c1CNC(=O)c1cccs1. The number of carbonyl (C=O) groups excluding carboxylic acids is 1. The highest BCUT2D eigenvalue weighted by atomic mass is 32.1. The van der Waals surface area contributed by atoms with Gasteiger partial charge in [0.2, 0.25) is 0 Å². The predicted molar refractivity (Wildman–Crippen MR) is 63.6 cm³/mol. The number of thiophene rings is 1. The maximum absolute atomic E-state index is 11.7. The predicted octanol–water partition coefficient (Wildman–Crippen LogP) is 2.02. The highest BCUT2D eigenvalue weighted by Gasteiger charge is 2.09. The Bertz CT molecular complexity index is 468. The lowest BCUT2D eigenvalue weighted by Gasteiger charge is -2.03. The van der Waals surface area contributed by atoms with Crippen molar-refractivity contribution in [3.05, 3.63) is 39.3 Å². The average molecular weight is 235 g/mol. The van der Waals surface area contributed by atoms with E-state index in [1.807, 2.05) is 31.4 Å². The first-order valence-electron chi connectivity index (χ1n) is 5.00. The van der Waals surface area contributed by atoms with Crippen LogP contribution in [0.5, 0.6) is 0 Å². The second-order valence-corrected chi connectivity index (χ2v) is 4.52. The largest absolute Gasteiger partial charge is 0.347 e. The van der Waals surface area contributed by atoms with Gasteiger partial charge in [0, 0.05) is 17.8 Å². The molecule has 2 N–H and O–H groups in total. The van der Waals surface area contributed by atoms with Crippen LogP contribution in [-0.2, 0) is 6.54 Å². The molecule has 4 nitrogen and oxygen atoms in total. The lowest BCUT2D eigenvalue weighted by atomic mass is 10.2. The van der Waals surface area contributed by atoms with Crippen molar-refractivity contribution in [1.82, 2.24) is 15.5 Å². The number of aromatic nitrogens is 2. The summed E-state index contributed by atoms with van der Waals surface area (Å²) in [4.78, 5) is 12.4. The van der Waals surface area contributed by atoms with Gasteiger partial charge in [-0.05, 0) is 25.3 Å². The van der Waals surface area contributed by atoms with E-state index in [-0.39, 0.29) is 5.91 Å². The number of H-pyrrole nitrogens is 1. The van der Waals surface area contributed by atoms with Gasteiger partial charge >= 0.3 is 0 Å². The molecule has 0 saturated carbocycles. The molecule has 0 aliphatic carbocycles. The van der Waals surface area contributed by atoms with Crippen LogP contribution in [0, 0.1) is 13.8 Å². The molecule has 0 fully saturated rings. The summed E-state index contributed by atoms with van der Waals surface area (Å²) in [6, 6.07) is 3.68. The average Bonchev–Trinajstić information content (AvgIpc) is 2.87. The Labute approximate surface area is 97.7 Å². The lowest BCUT2D eigenvalue weighted by molar-refractivity contribution is 0.0955. The number of aromatic amines is 1. The van der Waals surface area contributed by atoms with Gasteiger partial charge in [-0.2, -0.15) is 5.10 Å². The number of hydrogen-bond donors (Lipinski definition) is 2. The van der Waals surface area contributed by atoms with Crippen molar-refractivity contribution in [1.29, 1.82) is 0 Å². The van der Waals surface area contributed by atoms with E-state index in [1.54, 1.807) is 0 Å². The summed E-state index contributed by atoms with van der Waals surface area (Å²) in [5.74, 6) is -0.0324. The van der Waals surface area contributed by atoms with Crippen LogP contribution in [0.25, 0.3) is 0 Å². The van der Waals surface area contributed by atoms with Crippen molar-refractivity contribution in [2.75, 3.05) is 0 Å². The van der Waals surface area contributed by atoms with Gasteiger partial charge in [-0.15, -0.1) is 11.3 Å². The fraction of sp³-hybridized carbons (Fsp3) is 0.273. The molecule has 16 heavy (non-hydrogen) atoms. The number of aryl methyl sites for hydroxylation is 2. The number of nitrogens with one attached hydrogen (secondary N) is 2. The van der Waals surface area contributed by atoms with E-state index in [1.165, 1.54) is 11.3 Å². The van der Waals surface area contributed by atoms with Crippen LogP contribution < -0.4 is 5.32 Å². The standard InChI is InChI=1S/C11H13N3OS/c1-7-9(8(2)14-13-7)6-12-11(15)10-4-3-5-16-10/h3-5H,6H2,1-2H3,(H,12,15)(H,13,14). The summed E-state index contributed by atoms with van der Waals surface area (Å²) in [6.45, 7) is 4.40. The molecule has 2 rings (SSSR count). The third-order valence-corrected chi connectivity index (χ3v) is 3.32. The fourth-order valence-electron chi connectivity index (χ4n) is 1.50. The summed E-state index contributed by atoms with van der Waals surface area (Å²) in [7, 11) is 0. The monoisotopic (exact) mass is 235 g/mol. The van der Waals surface area contributed by atoms with E-state index in [4.69, 9.17) is 0 Å². The van der Waals surface area contributed by atoms with Gasteiger partial charge in [-0.3, -0.25) is 9.89 Å². The molecule has 2 heterocycles. The van der Waals surface area contributed by atoms with Crippen LogP contribution in [-0.4, -0.2) is 16.1 Å². The molecule has 0 spiro atoms. The molecule has 2 aromatic heterocycles. The smallest absolute Gasteiger partial charge is 0.261 e. The molecule has 0 unspecified atom stereocenters. The Morgan fingerprint density at radius 3 is 2.94 bits per heavy atom. The van der Waals surface area contributed by atoms with Gasteiger partial charge < -0.3 is 5.32 Å². The van der Waals surface area contributed by atoms with Gasteiger partial charge in [-0.25, -0.2) is 0 Å². The molecule has 0 aliphatic heterocycles. The van der Waals surface area contributed by atoms with E-state index >= 15 is 0 Å². The number of rotatable bonds is 3. The third kappa shape index (κ3) is 2.14. The highest BCUT2D eigenvalue weighted by molar-refractivity contribution is 7.12. The van der Waals surface area contributed by atoms with Gasteiger partial charge in [0.15, 0.2) is 0 Å². The zero-order valence-electron chi connectivity index (χ0n) is 9.20. The molecule has 0 aliphatic rings. The van der Waals surface area contributed by atoms with Gasteiger partial charge in [0.1, 0.15) is 0 Å². The van der Waals surface area contributed by atoms with Gasteiger partial charge in [0.05, 0.1) is 10.6 Å². The van der Waals surface area contributed by atoms with E-state index < -0.39 is 0 Å². The first kappa shape index (κ1) is 10.9. The minimum Gasteiger partial charge on any atom is -0.347 e. The molecule has 0 bridgehead atoms. The molecular weight excluding hydrogens is 222 g/mol. The quantitative estimate of drug-likeness (QED) is 0.855. The van der Waals surface area contributed by atoms with Crippen molar-refractivity contribution in [3.8, 4) is 0 Å². The molecule has 0 atom stereocenters. The number of hydrogen-bond acceptors (Lipinski definition) is 3. The van der Waals surface area contributed by atoms with Crippen molar-refractivity contribution >= 4 is 17.2 Å². The summed E-state index contributed by atoms with van der Waals surface area (Å²) in [5, 5.41) is 11.8. The van der Waals surface area contributed by atoms with Gasteiger partial charge in [-0.1, -0.05) is 6.07 Å². The van der Waals surface area contributed by atoms with Crippen molar-refractivity contribution in [2.24, 2.45) is 0 Å². The van der Waals surface area contributed by atoms with Crippen molar-refractivity contribution in [2.45, 2.75) is 20.4 Å². The van der Waals surface area contributed by atoms with Crippen molar-refractivity contribution in [3.63, 3.8) is 0 Å². The third-order valence-electron chi connectivity index (χ3n) is 2.45. The Hall–Kier alpha value is -1.62. The van der Waals surface area contributed by atoms with Gasteiger partial charge in [0.25, 0.3) is 5.91 Å². The number of carbonyl (C=O) groups is 1. The Kier molecular flexibility index (Phi) is 3.05. The van der Waals surface area contributed by atoms with E-state index in [0.717, 1.165) is 21.8 Å². The van der Waals surface area contributed by atoms with Crippen LogP contribution in [0.4, 0.5) is 0 Å². The van der Waals surface area contributed by atoms with Crippen LogP contribution in [0.2, 0.25) is 0 Å². The minimum atomic E-state index is -0.0324. The van der Waals surface area contributed by atoms with Crippen LogP contribution in [0.3, 0.4) is 0 Å². The molecule has 0 saturated heterocycles. The Morgan fingerprint density at radius 2 is 2.38 bits per heavy atom. The Balaban J connectivity index is 2.01. The molecule has 5 heteroatoms. The first-order valence-corrected chi connectivity index (χ1v) is 5.88. The maximum Gasteiger partial charge on any atom is 0.261 e. The number of nitrogens with zero attached hydrogens (tertiary/aromatic N) is 1. The van der Waals surface area contributed by atoms with E-state index in [2.05, 4.69) is 15.5 Å². The molecule has 0 aromatic carbocycles. The summed E-state index contributed by atoms with van der Waals surface area (Å²) in [6.07, 6.45) is 0. The Morgan fingerprint density at radius 1 is 1.56 bits per heavy atom. The summed E-state index contributed by atoms with van der Waals surface area (Å²) in [5.41, 5.74) is 3.00. The second-order valence-electron chi connectivity index (χ2n) is 3.57. The van der Waals surface area contributed by atoms with Crippen molar-refractivity contribution < 1.29 is 4.79 Å². The fourth-order valence-corrected chi connectivity index (χ4v) is 2.14. The van der Waals surface area contributed by atoms with E-state index in [0.29, 0.717) is 6.54 Å². The molecule has 2 aromatic rings. The van der Waals surface area contributed by atoms with Crippen LogP contribution in [0.1, 0.15) is 26.6 Å². The van der Waals surface area contributed by atoms with Crippen LogP contribution in [0.15, 0.2) is 17.5 Å². The molecular formula is C11H13N3OS. The normalized spacial score (nSPS) is 10.4. The summed E-state index contributed by atoms with van der Waals surface area (Å²) >= 11 is 1.44. The lowest BCUT2D eigenvalue weighted by Crippen LogP contribution is -2.22. The van der Waals surface area contributed by atoms with E-state index in [9.17, 15) is 4.79 Å². The first-order chi connectivity index (χ1) is 7.68. The molecule has 1 amide bonds. The topological polar surface area (TPSA) is 57.8 Å². The van der Waals surface area contributed by atoms with Crippen LogP contribution >= 0.6 is 11.3 Å². The highest BCUT2D eigenvalue weighted by Crippen LogP contribution is 2.11. The maximum atomic E-state index is 11.7. The zero-order valence-corrected chi connectivity index (χ0v) is 10.0. The number of amides is 1. The second kappa shape index (κ2) is 4.49. The zero-order chi connectivity index (χ0) is 11.5. The molecule has 0 radical (unpaired) electrons.